The standard InChI is InChI=1S/C23H30F4N2/c1-14(13-28-3)7-9-19-15(2)20-12-17(23(25,26)27)8-10-21(20)29-22(19)16-5-4-6-18(24)11-16/h4-6,8,10,12,14-16,19,22,28-29H,7,9,11,13H2,1-3H3/t14-,15+,16?,19-,22+/m1/s1. The molecule has 0 spiro atoms. The summed E-state index contributed by atoms with van der Waals surface area (Å²) in [5.74, 6) is 0.401. The molecule has 6 heteroatoms. The van der Waals surface area contributed by atoms with Crippen molar-refractivity contribution in [3.8, 4) is 0 Å². The van der Waals surface area contributed by atoms with Gasteiger partial charge in [0, 0.05) is 24.1 Å². The Morgan fingerprint density at radius 2 is 2.03 bits per heavy atom. The maximum absolute atomic E-state index is 14.0. The molecule has 0 fully saturated rings. The van der Waals surface area contributed by atoms with Crippen LogP contribution in [0.4, 0.5) is 23.2 Å². The van der Waals surface area contributed by atoms with Gasteiger partial charge in [-0.15, -0.1) is 0 Å². The zero-order valence-corrected chi connectivity index (χ0v) is 17.2. The predicted octanol–water partition coefficient (Wildman–Crippen LogP) is 6.28. The van der Waals surface area contributed by atoms with Gasteiger partial charge in [-0.25, -0.2) is 4.39 Å². The molecule has 0 saturated carbocycles. The second-order valence-electron chi connectivity index (χ2n) is 8.53. The molecule has 3 rings (SSSR count). The smallest absolute Gasteiger partial charge is 0.381 e. The van der Waals surface area contributed by atoms with Gasteiger partial charge in [-0.3, -0.25) is 0 Å². The van der Waals surface area contributed by atoms with E-state index in [0.29, 0.717) is 17.9 Å². The number of rotatable bonds is 6. The largest absolute Gasteiger partial charge is 0.416 e. The zero-order chi connectivity index (χ0) is 21.2. The molecule has 2 nitrogen and oxygen atoms in total. The maximum atomic E-state index is 14.0. The summed E-state index contributed by atoms with van der Waals surface area (Å²) in [6.07, 6.45) is 3.08. The first-order valence-corrected chi connectivity index (χ1v) is 10.4. The van der Waals surface area contributed by atoms with Crippen molar-refractivity contribution in [2.75, 3.05) is 18.9 Å². The molecule has 2 N–H and O–H groups in total. The van der Waals surface area contributed by atoms with Gasteiger partial charge in [-0.05, 0) is 74.0 Å². The van der Waals surface area contributed by atoms with Crippen molar-refractivity contribution < 1.29 is 17.6 Å². The van der Waals surface area contributed by atoms with Crippen molar-refractivity contribution >= 4 is 5.69 Å². The molecule has 0 amide bonds. The molecular formula is C23H30F4N2. The Balaban J connectivity index is 1.90. The Morgan fingerprint density at radius 3 is 2.69 bits per heavy atom. The number of alkyl halides is 3. The third-order valence-corrected chi connectivity index (χ3v) is 6.37. The average Bonchev–Trinajstić information content (AvgIpc) is 2.66. The Morgan fingerprint density at radius 1 is 1.28 bits per heavy atom. The highest BCUT2D eigenvalue weighted by molar-refractivity contribution is 5.58. The van der Waals surface area contributed by atoms with Gasteiger partial charge >= 0.3 is 6.18 Å². The summed E-state index contributed by atoms with van der Waals surface area (Å²) in [4.78, 5) is 0. The number of benzene rings is 1. The minimum absolute atomic E-state index is 0.00766. The van der Waals surface area contributed by atoms with Crippen LogP contribution in [0.1, 0.15) is 50.2 Å². The number of fused-ring (bicyclic) bond motifs is 1. The molecule has 0 radical (unpaired) electrons. The second-order valence-corrected chi connectivity index (χ2v) is 8.53. The fourth-order valence-corrected chi connectivity index (χ4v) is 4.77. The van der Waals surface area contributed by atoms with Crippen LogP contribution < -0.4 is 10.6 Å². The molecule has 1 heterocycles. The van der Waals surface area contributed by atoms with E-state index >= 15 is 0 Å². The number of halogens is 4. The van der Waals surface area contributed by atoms with Crippen molar-refractivity contribution in [1.29, 1.82) is 0 Å². The Bertz CT molecular complexity index is 769. The fraction of sp³-hybridized carbons (Fsp3) is 0.565. The first-order chi connectivity index (χ1) is 13.7. The van der Waals surface area contributed by atoms with Crippen molar-refractivity contribution in [2.24, 2.45) is 17.8 Å². The van der Waals surface area contributed by atoms with Crippen LogP contribution in [0.25, 0.3) is 0 Å². The van der Waals surface area contributed by atoms with Crippen molar-refractivity contribution in [1.82, 2.24) is 5.32 Å². The van der Waals surface area contributed by atoms with E-state index < -0.39 is 11.7 Å². The van der Waals surface area contributed by atoms with E-state index in [1.165, 1.54) is 18.2 Å². The van der Waals surface area contributed by atoms with E-state index in [-0.39, 0.29) is 29.6 Å². The monoisotopic (exact) mass is 410 g/mol. The van der Waals surface area contributed by atoms with Gasteiger partial charge in [0.15, 0.2) is 0 Å². The van der Waals surface area contributed by atoms with E-state index in [2.05, 4.69) is 17.6 Å². The van der Waals surface area contributed by atoms with Crippen molar-refractivity contribution in [3.05, 3.63) is 53.4 Å². The first kappa shape index (κ1) is 21.9. The van der Waals surface area contributed by atoms with Gasteiger partial charge in [-0.2, -0.15) is 13.2 Å². The van der Waals surface area contributed by atoms with Crippen molar-refractivity contribution in [2.45, 2.75) is 51.2 Å². The third kappa shape index (κ3) is 5.03. The lowest BCUT2D eigenvalue weighted by atomic mass is 9.70. The summed E-state index contributed by atoms with van der Waals surface area (Å²) in [7, 11) is 1.92. The van der Waals surface area contributed by atoms with E-state index in [1.54, 1.807) is 6.08 Å². The lowest BCUT2D eigenvalue weighted by Gasteiger charge is -2.43. The van der Waals surface area contributed by atoms with Gasteiger partial charge in [0.2, 0.25) is 0 Å². The number of anilines is 1. The Labute approximate surface area is 170 Å². The fourth-order valence-electron chi connectivity index (χ4n) is 4.77. The molecule has 1 aromatic rings. The highest BCUT2D eigenvalue weighted by Crippen LogP contribution is 2.46. The molecule has 0 saturated heterocycles. The summed E-state index contributed by atoms with van der Waals surface area (Å²) in [6, 6.07) is 3.93. The summed E-state index contributed by atoms with van der Waals surface area (Å²) < 4.78 is 53.7. The molecule has 5 atom stereocenters. The van der Waals surface area contributed by atoms with E-state index in [1.807, 2.05) is 20.0 Å². The molecule has 160 valence electrons. The molecular weight excluding hydrogens is 380 g/mol. The van der Waals surface area contributed by atoms with Crippen LogP contribution >= 0.6 is 0 Å². The van der Waals surface area contributed by atoms with Crippen LogP contribution in [-0.2, 0) is 6.18 Å². The molecule has 0 aromatic heterocycles. The number of nitrogens with one attached hydrogen (secondary N) is 2. The number of allylic oxidation sites excluding steroid dienone is 3. The molecule has 0 bridgehead atoms. The van der Waals surface area contributed by atoms with Crippen LogP contribution in [0, 0.1) is 17.8 Å². The summed E-state index contributed by atoms with van der Waals surface area (Å²) in [5.41, 5.74) is 0.828. The summed E-state index contributed by atoms with van der Waals surface area (Å²) in [5, 5.41) is 6.65. The van der Waals surface area contributed by atoms with Crippen LogP contribution in [-0.4, -0.2) is 19.6 Å². The summed E-state index contributed by atoms with van der Waals surface area (Å²) >= 11 is 0. The molecule has 1 aromatic carbocycles. The zero-order valence-electron chi connectivity index (χ0n) is 17.2. The van der Waals surface area contributed by atoms with Gasteiger partial charge in [0.05, 0.1) is 5.56 Å². The van der Waals surface area contributed by atoms with Crippen LogP contribution in [0.5, 0.6) is 0 Å². The summed E-state index contributed by atoms with van der Waals surface area (Å²) in [6.45, 7) is 5.08. The van der Waals surface area contributed by atoms with Crippen LogP contribution in [0.3, 0.4) is 0 Å². The van der Waals surface area contributed by atoms with Gasteiger partial charge < -0.3 is 10.6 Å². The predicted molar refractivity (Wildman–Crippen MR) is 110 cm³/mol. The SMILES string of the molecule is CNC[C@H](C)CC[C@@H]1[C@H](C)c2cc(C(F)(F)F)ccc2N[C@H]1C1C=CC=C(F)C1. The minimum Gasteiger partial charge on any atom is -0.381 e. The van der Waals surface area contributed by atoms with Crippen LogP contribution in [0.2, 0.25) is 0 Å². The van der Waals surface area contributed by atoms with Crippen LogP contribution in [0.15, 0.2) is 42.3 Å². The molecule has 2 aliphatic rings. The molecule has 29 heavy (non-hydrogen) atoms. The Hall–Kier alpha value is -1.82. The highest BCUT2D eigenvalue weighted by Gasteiger charge is 2.40. The van der Waals surface area contributed by atoms with Gasteiger partial charge in [-0.1, -0.05) is 26.0 Å². The topological polar surface area (TPSA) is 24.1 Å². The Kier molecular flexibility index (Phi) is 6.72. The molecule has 1 unspecified atom stereocenters. The first-order valence-electron chi connectivity index (χ1n) is 10.4. The van der Waals surface area contributed by atoms with E-state index in [9.17, 15) is 17.6 Å². The highest BCUT2D eigenvalue weighted by atomic mass is 19.4. The third-order valence-electron chi connectivity index (χ3n) is 6.37. The quantitative estimate of drug-likeness (QED) is 0.539. The molecule has 1 aliphatic heterocycles. The molecule has 1 aliphatic carbocycles. The maximum Gasteiger partial charge on any atom is 0.416 e. The van der Waals surface area contributed by atoms with E-state index in [0.717, 1.165) is 31.1 Å². The van der Waals surface area contributed by atoms with E-state index in [4.69, 9.17) is 0 Å². The van der Waals surface area contributed by atoms with Gasteiger partial charge in [0.1, 0.15) is 5.83 Å². The lowest BCUT2D eigenvalue weighted by Crippen LogP contribution is -2.42. The van der Waals surface area contributed by atoms with Crippen molar-refractivity contribution in [3.63, 3.8) is 0 Å². The normalized spacial score (nSPS) is 27.8. The minimum atomic E-state index is -4.36. The average molecular weight is 410 g/mol. The van der Waals surface area contributed by atoms with Gasteiger partial charge in [0.25, 0.3) is 0 Å². The number of hydrogen-bond acceptors (Lipinski definition) is 2. The number of hydrogen-bond donors (Lipinski definition) is 2. The lowest BCUT2D eigenvalue weighted by molar-refractivity contribution is -0.137. The second kappa shape index (κ2) is 8.90.